The molecule has 0 N–H and O–H groups in total. The molecule has 1 atom stereocenters. The topological polar surface area (TPSA) is 97.1 Å². The van der Waals surface area contributed by atoms with E-state index in [1.54, 1.807) is 21.3 Å². The molecule has 1 aliphatic rings. The number of methoxy groups -OCH3 is 3. The molecule has 0 saturated carbocycles. The second-order valence-corrected chi connectivity index (χ2v) is 14.5. The van der Waals surface area contributed by atoms with Gasteiger partial charge in [0, 0.05) is 22.4 Å². The highest BCUT2D eigenvalue weighted by atomic mass is 16.5. The molecule has 8 nitrogen and oxygen atoms in total. The maximum Gasteiger partial charge on any atom is 0.339 e. The third-order valence-corrected chi connectivity index (χ3v) is 9.87. The van der Waals surface area contributed by atoms with Crippen molar-refractivity contribution in [3.05, 3.63) is 104 Å². The second kappa shape index (κ2) is 13.7. The first kappa shape index (κ1) is 34.7. The number of para-hydroxylation sites is 1. The van der Waals surface area contributed by atoms with E-state index in [2.05, 4.69) is 40.7 Å². The van der Waals surface area contributed by atoms with Crippen molar-refractivity contribution >= 4 is 39.5 Å². The van der Waals surface area contributed by atoms with E-state index >= 15 is 0 Å². The van der Waals surface area contributed by atoms with E-state index in [0.717, 1.165) is 50.7 Å². The summed E-state index contributed by atoms with van der Waals surface area (Å²) in [4.78, 5) is 32.2. The Labute approximate surface area is 293 Å². The van der Waals surface area contributed by atoms with Crippen molar-refractivity contribution < 1.29 is 28.2 Å². The summed E-state index contributed by atoms with van der Waals surface area (Å²) in [7, 11) is 4.78. The molecule has 0 amide bonds. The van der Waals surface area contributed by atoms with Crippen LogP contribution in [0.2, 0.25) is 0 Å². The summed E-state index contributed by atoms with van der Waals surface area (Å²) in [5.41, 5.74) is 7.42. The SMILES string of the molecule is COc1cc(C=C2CC(C(C)(C)C)Cc3c2nc2ccccc2c3C(=O)OCc2cc(=O)oc3cc(C)c(C(C)C)cc23)cc(OC)c1OC. The fraction of sp³-hybridized carbons (Fsp3) is 0.357. The Morgan fingerprint density at radius 1 is 0.960 bits per heavy atom. The third kappa shape index (κ3) is 6.59. The highest BCUT2D eigenvalue weighted by Gasteiger charge is 2.35. The minimum atomic E-state index is -0.485. The number of ether oxygens (including phenoxy) is 4. The standard InChI is InChI=1S/C42H45NO7/c1-23(2)30-21-31-27(19-37(44)50-34(31)14-24(30)3)22-49-41(45)38-29-12-10-11-13-33(29)43-39-26(18-28(20-32(38)39)42(4,5)6)15-25-16-35(46-7)40(48-9)36(17-25)47-8/h10-17,19,21,23,28H,18,20,22H2,1-9H3. The zero-order chi connectivity index (χ0) is 35.9. The van der Waals surface area contributed by atoms with E-state index in [1.807, 2.05) is 55.5 Å². The van der Waals surface area contributed by atoms with Crippen LogP contribution in [0.1, 0.15) is 90.8 Å². The van der Waals surface area contributed by atoms with E-state index in [1.165, 1.54) is 6.07 Å². The lowest BCUT2D eigenvalue weighted by Gasteiger charge is -2.36. The molecule has 260 valence electrons. The zero-order valence-corrected chi connectivity index (χ0v) is 30.4. The normalized spacial score (nSPS) is 15.4. The fourth-order valence-corrected chi connectivity index (χ4v) is 7.10. The minimum absolute atomic E-state index is 0.0673. The number of carbonyl (C=O) groups is 1. The zero-order valence-electron chi connectivity index (χ0n) is 30.4. The maximum absolute atomic E-state index is 14.4. The Morgan fingerprint density at radius 2 is 1.66 bits per heavy atom. The molecular weight excluding hydrogens is 630 g/mol. The van der Waals surface area contributed by atoms with E-state index in [4.69, 9.17) is 28.3 Å². The Morgan fingerprint density at radius 3 is 2.30 bits per heavy atom. The fourth-order valence-electron chi connectivity index (χ4n) is 7.10. The van der Waals surface area contributed by atoms with Gasteiger partial charge in [-0.3, -0.25) is 0 Å². The van der Waals surface area contributed by atoms with E-state index in [9.17, 15) is 9.59 Å². The number of aryl methyl sites for hydroxylation is 1. The molecule has 1 unspecified atom stereocenters. The van der Waals surface area contributed by atoms with Crippen molar-refractivity contribution in [2.75, 3.05) is 21.3 Å². The molecule has 3 aromatic carbocycles. The van der Waals surface area contributed by atoms with Gasteiger partial charge in [0.05, 0.1) is 38.1 Å². The van der Waals surface area contributed by atoms with Gasteiger partial charge in [0.2, 0.25) is 5.75 Å². The summed E-state index contributed by atoms with van der Waals surface area (Å²) in [6.07, 6.45) is 3.51. The number of hydrogen-bond acceptors (Lipinski definition) is 8. The Hall–Kier alpha value is -5.11. The van der Waals surface area contributed by atoms with Crippen LogP contribution in [-0.4, -0.2) is 32.3 Å². The largest absolute Gasteiger partial charge is 0.493 e. The van der Waals surface area contributed by atoms with Gasteiger partial charge in [-0.1, -0.05) is 52.8 Å². The summed E-state index contributed by atoms with van der Waals surface area (Å²) in [6, 6.07) is 16.9. The number of aromatic nitrogens is 1. The number of pyridine rings is 1. The average molecular weight is 676 g/mol. The molecule has 2 aromatic heterocycles. The van der Waals surface area contributed by atoms with Crippen molar-refractivity contribution in [3.8, 4) is 17.2 Å². The molecule has 0 fully saturated rings. The van der Waals surface area contributed by atoms with Crippen LogP contribution < -0.4 is 19.8 Å². The lowest BCUT2D eigenvalue weighted by atomic mass is 9.69. The van der Waals surface area contributed by atoms with Gasteiger partial charge >= 0.3 is 11.6 Å². The second-order valence-electron chi connectivity index (χ2n) is 14.5. The molecule has 2 heterocycles. The Balaban J connectivity index is 1.49. The number of esters is 1. The number of benzene rings is 3. The van der Waals surface area contributed by atoms with E-state index in [0.29, 0.717) is 45.9 Å². The summed E-state index contributed by atoms with van der Waals surface area (Å²) in [5.74, 6) is 1.64. The number of carbonyl (C=O) groups excluding carboxylic acids is 1. The van der Waals surface area contributed by atoms with Crippen LogP contribution in [-0.2, 0) is 17.8 Å². The quantitative estimate of drug-likeness (QED) is 0.119. The van der Waals surface area contributed by atoms with Crippen LogP contribution in [0.4, 0.5) is 0 Å². The van der Waals surface area contributed by atoms with Crippen LogP contribution in [0.25, 0.3) is 33.5 Å². The smallest absolute Gasteiger partial charge is 0.339 e. The van der Waals surface area contributed by atoms with Gasteiger partial charge in [0.1, 0.15) is 12.2 Å². The molecule has 0 saturated heterocycles. The van der Waals surface area contributed by atoms with Crippen molar-refractivity contribution in [3.63, 3.8) is 0 Å². The summed E-state index contributed by atoms with van der Waals surface area (Å²) >= 11 is 0. The minimum Gasteiger partial charge on any atom is -0.493 e. The molecule has 5 aromatic rings. The summed E-state index contributed by atoms with van der Waals surface area (Å²) in [5, 5.41) is 1.49. The first-order chi connectivity index (χ1) is 23.8. The van der Waals surface area contributed by atoms with Gasteiger partial charge in [0.15, 0.2) is 11.5 Å². The van der Waals surface area contributed by atoms with Gasteiger partial charge in [-0.05, 0) is 101 Å². The third-order valence-electron chi connectivity index (χ3n) is 9.87. The molecule has 0 aliphatic heterocycles. The molecule has 50 heavy (non-hydrogen) atoms. The first-order valence-electron chi connectivity index (χ1n) is 17.0. The number of nitrogens with zero attached hydrogens (tertiary/aromatic N) is 1. The molecule has 0 bridgehead atoms. The van der Waals surface area contributed by atoms with Crippen LogP contribution in [0.5, 0.6) is 17.2 Å². The summed E-state index contributed by atoms with van der Waals surface area (Å²) in [6.45, 7) is 12.9. The van der Waals surface area contributed by atoms with Crippen LogP contribution in [0.15, 0.2) is 63.8 Å². The molecule has 1 aliphatic carbocycles. The van der Waals surface area contributed by atoms with Gasteiger partial charge in [-0.25, -0.2) is 14.6 Å². The average Bonchev–Trinajstić information content (AvgIpc) is 3.07. The molecule has 6 rings (SSSR count). The van der Waals surface area contributed by atoms with Crippen molar-refractivity contribution in [1.82, 2.24) is 4.98 Å². The monoisotopic (exact) mass is 675 g/mol. The highest BCUT2D eigenvalue weighted by Crippen LogP contribution is 2.46. The maximum atomic E-state index is 14.4. The first-order valence-corrected chi connectivity index (χ1v) is 17.0. The number of rotatable bonds is 8. The Bertz CT molecular complexity index is 2180. The summed E-state index contributed by atoms with van der Waals surface area (Å²) < 4.78 is 28.5. The lowest BCUT2D eigenvalue weighted by Crippen LogP contribution is -2.28. The number of fused-ring (bicyclic) bond motifs is 3. The van der Waals surface area contributed by atoms with Gasteiger partial charge in [-0.15, -0.1) is 0 Å². The predicted molar refractivity (Wildman–Crippen MR) is 197 cm³/mol. The number of hydrogen-bond donors (Lipinski definition) is 0. The molecule has 0 spiro atoms. The number of allylic oxidation sites excluding steroid dienone is 1. The van der Waals surface area contributed by atoms with Crippen molar-refractivity contribution in [2.45, 2.75) is 66.9 Å². The van der Waals surface area contributed by atoms with Crippen molar-refractivity contribution in [1.29, 1.82) is 0 Å². The predicted octanol–water partition coefficient (Wildman–Crippen LogP) is 9.30. The van der Waals surface area contributed by atoms with E-state index in [-0.39, 0.29) is 23.9 Å². The van der Waals surface area contributed by atoms with Gasteiger partial charge < -0.3 is 23.4 Å². The molecular formula is C42H45NO7. The van der Waals surface area contributed by atoms with Crippen LogP contribution >= 0.6 is 0 Å². The molecule has 8 heteroatoms. The van der Waals surface area contributed by atoms with Crippen LogP contribution in [0.3, 0.4) is 0 Å². The van der Waals surface area contributed by atoms with Crippen LogP contribution in [0, 0.1) is 18.3 Å². The molecule has 0 radical (unpaired) electrons. The van der Waals surface area contributed by atoms with Gasteiger partial charge in [0.25, 0.3) is 0 Å². The highest BCUT2D eigenvalue weighted by molar-refractivity contribution is 6.07. The van der Waals surface area contributed by atoms with Crippen molar-refractivity contribution in [2.24, 2.45) is 11.3 Å². The van der Waals surface area contributed by atoms with E-state index < -0.39 is 11.6 Å². The lowest BCUT2D eigenvalue weighted by molar-refractivity contribution is 0.0473. The van der Waals surface area contributed by atoms with Gasteiger partial charge in [-0.2, -0.15) is 0 Å². The Kier molecular flexibility index (Phi) is 9.49.